The zero-order valence-electron chi connectivity index (χ0n) is 20.9. The van der Waals surface area contributed by atoms with Crippen LogP contribution in [-0.2, 0) is 23.1 Å². The van der Waals surface area contributed by atoms with Gasteiger partial charge in [-0.05, 0) is 68.4 Å². The summed E-state index contributed by atoms with van der Waals surface area (Å²) < 4.78 is 30.0. The van der Waals surface area contributed by atoms with Crippen molar-refractivity contribution in [2.45, 2.75) is 58.5 Å². The van der Waals surface area contributed by atoms with Crippen LogP contribution in [0.2, 0.25) is 0 Å². The van der Waals surface area contributed by atoms with Gasteiger partial charge in [0.1, 0.15) is 4.90 Å². The fourth-order valence-corrected chi connectivity index (χ4v) is 6.43. The van der Waals surface area contributed by atoms with Crippen LogP contribution in [0.3, 0.4) is 0 Å². The highest BCUT2D eigenvalue weighted by Gasteiger charge is 2.33. The summed E-state index contributed by atoms with van der Waals surface area (Å²) in [5, 5.41) is 7.51. The van der Waals surface area contributed by atoms with Gasteiger partial charge in [0.2, 0.25) is 10.0 Å². The Hall–Kier alpha value is -2.97. The van der Waals surface area contributed by atoms with Crippen LogP contribution in [-0.4, -0.2) is 41.5 Å². The fraction of sp³-hybridized carbons (Fsp3) is 0.407. The van der Waals surface area contributed by atoms with Gasteiger partial charge in [-0.1, -0.05) is 43.3 Å². The Bertz CT molecular complexity index is 1300. The third-order valence-corrected chi connectivity index (χ3v) is 9.06. The number of carbonyl (C=O) groups is 1. The lowest BCUT2D eigenvalue weighted by atomic mass is 10.0. The lowest BCUT2D eigenvalue weighted by Gasteiger charge is -2.29. The van der Waals surface area contributed by atoms with Gasteiger partial charge >= 0.3 is 0 Å². The van der Waals surface area contributed by atoms with Gasteiger partial charge in [0.05, 0.1) is 17.9 Å². The number of rotatable bonds is 7. The Balaban J connectivity index is 1.44. The van der Waals surface area contributed by atoms with E-state index in [1.165, 1.54) is 0 Å². The van der Waals surface area contributed by atoms with E-state index in [2.05, 4.69) is 17.3 Å². The van der Waals surface area contributed by atoms with Gasteiger partial charge in [-0.15, -0.1) is 0 Å². The predicted octanol–water partition coefficient (Wildman–Crippen LogP) is 4.21. The standard InChI is InChI=1S/C27H34N4O3S/c1-19-13-15-30(16-14-19)35(33,34)26-21(3)29-31(22(26)4)18-23-9-11-24(12-10-23)27(32)28-17-25-8-6-5-7-20(25)2/h5-12,19H,13-18H2,1-4H3,(H,28,32). The molecule has 1 N–H and O–H groups in total. The number of nitrogens with zero attached hydrogens (tertiary/aromatic N) is 3. The maximum Gasteiger partial charge on any atom is 0.251 e. The highest BCUT2D eigenvalue weighted by Crippen LogP contribution is 2.28. The summed E-state index contributed by atoms with van der Waals surface area (Å²) >= 11 is 0. The first-order valence-electron chi connectivity index (χ1n) is 12.1. The number of piperidine rings is 1. The molecule has 1 amide bonds. The number of sulfonamides is 1. The quantitative estimate of drug-likeness (QED) is 0.533. The van der Waals surface area contributed by atoms with E-state index in [-0.39, 0.29) is 5.91 Å². The lowest BCUT2D eigenvalue weighted by molar-refractivity contribution is 0.0951. The summed E-state index contributed by atoms with van der Waals surface area (Å²) in [6.07, 6.45) is 1.77. The van der Waals surface area contributed by atoms with E-state index < -0.39 is 10.0 Å². The van der Waals surface area contributed by atoms with E-state index in [1.54, 1.807) is 28.0 Å². The van der Waals surface area contributed by atoms with Gasteiger partial charge in [-0.2, -0.15) is 9.40 Å². The number of benzene rings is 2. The van der Waals surface area contributed by atoms with Crippen LogP contribution in [0.15, 0.2) is 53.4 Å². The molecule has 1 aliphatic rings. The molecule has 1 aromatic heterocycles. The maximum absolute atomic E-state index is 13.3. The molecule has 0 unspecified atom stereocenters. The molecule has 1 aliphatic heterocycles. The first-order chi connectivity index (χ1) is 16.7. The topological polar surface area (TPSA) is 84.3 Å². The average Bonchev–Trinajstić information content (AvgIpc) is 3.12. The van der Waals surface area contributed by atoms with Crippen molar-refractivity contribution < 1.29 is 13.2 Å². The van der Waals surface area contributed by atoms with Crippen LogP contribution in [0.25, 0.3) is 0 Å². The van der Waals surface area contributed by atoms with Crippen LogP contribution >= 0.6 is 0 Å². The van der Waals surface area contributed by atoms with E-state index in [4.69, 9.17) is 0 Å². The molecule has 0 aliphatic carbocycles. The molecular weight excluding hydrogens is 460 g/mol. The van der Waals surface area contributed by atoms with Gasteiger partial charge < -0.3 is 5.32 Å². The molecule has 8 heteroatoms. The van der Waals surface area contributed by atoms with E-state index in [1.807, 2.05) is 50.2 Å². The largest absolute Gasteiger partial charge is 0.348 e. The minimum Gasteiger partial charge on any atom is -0.348 e. The predicted molar refractivity (Wildman–Crippen MR) is 137 cm³/mol. The van der Waals surface area contributed by atoms with E-state index >= 15 is 0 Å². The molecule has 1 fully saturated rings. The summed E-state index contributed by atoms with van der Waals surface area (Å²) in [5.41, 5.74) is 4.92. The first-order valence-corrected chi connectivity index (χ1v) is 13.6. The Morgan fingerprint density at radius 2 is 1.69 bits per heavy atom. The zero-order valence-corrected chi connectivity index (χ0v) is 21.7. The van der Waals surface area contributed by atoms with Crippen LogP contribution in [0.5, 0.6) is 0 Å². The molecule has 186 valence electrons. The van der Waals surface area contributed by atoms with Crippen molar-refractivity contribution in [3.63, 3.8) is 0 Å². The molecule has 0 radical (unpaired) electrons. The number of amides is 1. The lowest BCUT2D eigenvalue weighted by Crippen LogP contribution is -2.38. The minimum absolute atomic E-state index is 0.129. The molecule has 1 saturated heterocycles. The average molecular weight is 495 g/mol. The zero-order chi connectivity index (χ0) is 25.2. The van der Waals surface area contributed by atoms with E-state index in [0.29, 0.717) is 53.9 Å². The third kappa shape index (κ3) is 5.49. The Morgan fingerprint density at radius 1 is 1.03 bits per heavy atom. The molecule has 3 aromatic rings. The number of nitrogens with one attached hydrogen (secondary N) is 1. The summed E-state index contributed by atoms with van der Waals surface area (Å²) in [6, 6.07) is 15.3. The SMILES string of the molecule is Cc1ccccc1CNC(=O)c1ccc(Cn2nc(C)c(S(=O)(=O)N3CCC(C)CC3)c2C)cc1. The maximum atomic E-state index is 13.3. The molecule has 0 bridgehead atoms. The molecule has 0 saturated carbocycles. The Labute approximate surface area is 208 Å². The molecule has 0 spiro atoms. The number of aromatic nitrogens is 2. The monoisotopic (exact) mass is 494 g/mol. The van der Waals surface area contributed by atoms with Crippen molar-refractivity contribution in [2.24, 2.45) is 5.92 Å². The molecular formula is C27H34N4O3S. The molecule has 4 rings (SSSR count). The second-order valence-corrected chi connectivity index (χ2v) is 11.4. The van der Waals surface area contributed by atoms with Crippen LogP contribution in [0.1, 0.15) is 58.2 Å². The van der Waals surface area contributed by atoms with Crippen molar-refractivity contribution in [2.75, 3.05) is 13.1 Å². The second kappa shape index (κ2) is 10.3. The normalized spacial score (nSPS) is 15.3. The van der Waals surface area contributed by atoms with Crippen molar-refractivity contribution in [3.8, 4) is 0 Å². The van der Waals surface area contributed by atoms with Crippen LogP contribution < -0.4 is 5.32 Å². The van der Waals surface area contributed by atoms with Gasteiger partial charge in [-0.25, -0.2) is 8.42 Å². The summed E-state index contributed by atoms with van der Waals surface area (Å²) in [4.78, 5) is 12.9. The highest BCUT2D eigenvalue weighted by atomic mass is 32.2. The first kappa shape index (κ1) is 25.1. The number of aryl methyl sites for hydroxylation is 2. The smallest absolute Gasteiger partial charge is 0.251 e. The van der Waals surface area contributed by atoms with Gasteiger partial charge in [0, 0.05) is 25.2 Å². The third-order valence-electron chi connectivity index (χ3n) is 6.90. The Morgan fingerprint density at radius 3 is 2.34 bits per heavy atom. The molecule has 0 atom stereocenters. The summed E-state index contributed by atoms with van der Waals surface area (Å²) in [5.74, 6) is 0.425. The van der Waals surface area contributed by atoms with E-state index in [9.17, 15) is 13.2 Å². The fourth-order valence-electron chi connectivity index (χ4n) is 4.58. The van der Waals surface area contributed by atoms with Crippen molar-refractivity contribution in [1.29, 1.82) is 0 Å². The molecule has 35 heavy (non-hydrogen) atoms. The van der Waals surface area contributed by atoms with Gasteiger partial charge in [0.15, 0.2) is 0 Å². The van der Waals surface area contributed by atoms with E-state index in [0.717, 1.165) is 29.5 Å². The van der Waals surface area contributed by atoms with Crippen LogP contribution in [0.4, 0.5) is 0 Å². The highest BCUT2D eigenvalue weighted by molar-refractivity contribution is 7.89. The minimum atomic E-state index is -3.57. The van der Waals surface area contributed by atoms with Gasteiger partial charge in [-0.3, -0.25) is 9.48 Å². The number of hydrogen-bond acceptors (Lipinski definition) is 4. The Kier molecular flexibility index (Phi) is 7.42. The van der Waals surface area contributed by atoms with Crippen molar-refractivity contribution in [3.05, 3.63) is 82.2 Å². The summed E-state index contributed by atoms with van der Waals surface area (Å²) in [7, 11) is -3.57. The molecule has 2 aromatic carbocycles. The van der Waals surface area contributed by atoms with Gasteiger partial charge in [0.25, 0.3) is 5.91 Å². The van der Waals surface area contributed by atoms with Crippen molar-refractivity contribution >= 4 is 15.9 Å². The van der Waals surface area contributed by atoms with Crippen molar-refractivity contribution in [1.82, 2.24) is 19.4 Å². The second-order valence-electron chi connectivity index (χ2n) is 9.55. The number of hydrogen-bond donors (Lipinski definition) is 1. The summed E-state index contributed by atoms with van der Waals surface area (Å²) in [6.45, 7) is 9.78. The van der Waals surface area contributed by atoms with Crippen LogP contribution in [0, 0.1) is 26.7 Å². The molecule has 2 heterocycles. The molecule has 7 nitrogen and oxygen atoms in total. The number of carbonyl (C=O) groups excluding carboxylic acids is 1.